The summed E-state index contributed by atoms with van der Waals surface area (Å²) >= 11 is 3.58. The van der Waals surface area contributed by atoms with Crippen LogP contribution in [0.4, 0.5) is 5.69 Å². The number of carbonyl (C=O) groups is 1. The molecular weight excluding hydrogens is 500 g/mol. The molecule has 0 aliphatic carbocycles. The predicted molar refractivity (Wildman–Crippen MR) is 133 cm³/mol. The summed E-state index contributed by atoms with van der Waals surface area (Å²) in [6.07, 6.45) is 0. The molecule has 1 heterocycles. The van der Waals surface area contributed by atoms with Gasteiger partial charge in [0.1, 0.15) is 12.4 Å². The van der Waals surface area contributed by atoms with Crippen molar-refractivity contribution in [2.75, 3.05) is 35.0 Å². The lowest BCUT2D eigenvalue weighted by molar-refractivity contribution is -0.141. The van der Waals surface area contributed by atoms with Crippen LogP contribution < -0.4 is 14.2 Å². The Morgan fingerprint density at radius 1 is 0.941 bits per heavy atom. The van der Waals surface area contributed by atoms with Crippen molar-refractivity contribution in [3.05, 3.63) is 81.8 Å². The van der Waals surface area contributed by atoms with E-state index in [2.05, 4.69) is 15.9 Å². The third kappa shape index (κ3) is 4.46. The molecule has 3 aromatic rings. The zero-order valence-corrected chi connectivity index (χ0v) is 21.0. The van der Waals surface area contributed by atoms with E-state index in [1.807, 2.05) is 65.6 Å². The molecule has 176 valence electrons. The lowest BCUT2D eigenvalue weighted by atomic mass is 9.92. The molecular formula is C26H25BrN2O5. The molecule has 1 atom stereocenters. The van der Waals surface area contributed by atoms with Crippen LogP contribution >= 0.6 is 15.9 Å². The number of methoxy groups -OCH3 is 4. The van der Waals surface area contributed by atoms with E-state index in [0.29, 0.717) is 28.6 Å². The second-order valence-corrected chi connectivity index (χ2v) is 8.49. The van der Waals surface area contributed by atoms with Crippen LogP contribution in [0, 0.1) is 0 Å². The first kappa shape index (κ1) is 23.6. The van der Waals surface area contributed by atoms with Crippen LogP contribution in [0.5, 0.6) is 17.2 Å². The molecule has 1 unspecified atom stereocenters. The van der Waals surface area contributed by atoms with Gasteiger partial charge in [-0.15, -0.1) is 0 Å². The molecule has 8 heteroatoms. The quantitative estimate of drug-likeness (QED) is 0.399. The van der Waals surface area contributed by atoms with Crippen molar-refractivity contribution >= 4 is 33.4 Å². The maximum absolute atomic E-state index is 12.6. The zero-order chi connectivity index (χ0) is 24.2. The summed E-state index contributed by atoms with van der Waals surface area (Å²) in [5.74, 6) is 1.69. The Labute approximate surface area is 207 Å². The second kappa shape index (κ2) is 10.2. The van der Waals surface area contributed by atoms with Gasteiger partial charge in [-0.1, -0.05) is 46.3 Å². The third-order valence-corrected chi connectivity index (χ3v) is 6.15. The van der Waals surface area contributed by atoms with E-state index in [1.165, 1.54) is 7.11 Å². The van der Waals surface area contributed by atoms with E-state index in [1.54, 1.807) is 21.3 Å². The number of carbonyl (C=O) groups excluding carboxylic acids is 1. The number of benzene rings is 3. The molecule has 0 bridgehead atoms. The molecule has 7 nitrogen and oxygen atoms in total. The molecule has 4 rings (SSSR count). The average molecular weight is 525 g/mol. The highest BCUT2D eigenvalue weighted by atomic mass is 79.9. The number of esters is 1. The number of hydrogen-bond donors (Lipinski definition) is 0. The van der Waals surface area contributed by atoms with Gasteiger partial charge in [0.15, 0.2) is 11.5 Å². The molecule has 0 spiro atoms. The summed E-state index contributed by atoms with van der Waals surface area (Å²) in [5, 5.41) is 0. The molecule has 34 heavy (non-hydrogen) atoms. The number of ether oxygens (including phenoxy) is 4. The Hall–Kier alpha value is -3.52. The number of hydrogen-bond acceptors (Lipinski definition) is 7. The first-order chi connectivity index (χ1) is 16.5. The second-order valence-electron chi connectivity index (χ2n) is 7.57. The van der Waals surface area contributed by atoms with E-state index in [0.717, 1.165) is 21.3 Å². The third-order valence-electron chi connectivity index (χ3n) is 5.66. The molecule has 1 aliphatic heterocycles. The van der Waals surface area contributed by atoms with Gasteiger partial charge < -0.3 is 23.8 Å². The Balaban J connectivity index is 1.98. The monoisotopic (exact) mass is 524 g/mol. The largest absolute Gasteiger partial charge is 0.493 e. The molecule has 0 radical (unpaired) electrons. The molecule has 0 saturated heterocycles. The molecule has 1 aliphatic rings. The van der Waals surface area contributed by atoms with Crippen molar-refractivity contribution < 1.29 is 23.7 Å². The highest BCUT2D eigenvalue weighted by molar-refractivity contribution is 9.10. The van der Waals surface area contributed by atoms with Crippen LogP contribution in [-0.4, -0.2) is 51.7 Å². The van der Waals surface area contributed by atoms with Crippen LogP contribution in [-0.2, 0) is 9.53 Å². The molecule has 0 amide bonds. The summed E-state index contributed by atoms with van der Waals surface area (Å²) in [7, 11) is 6.07. The number of fused-ring (bicyclic) bond motifs is 1. The Morgan fingerprint density at radius 3 is 2.21 bits per heavy atom. The Kier molecular flexibility index (Phi) is 7.07. The highest BCUT2D eigenvalue weighted by Gasteiger charge is 2.34. The van der Waals surface area contributed by atoms with Gasteiger partial charge >= 0.3 is 5.97 Å². The summed E-state index contributed by atoms with van der Waals surface area (Å²) in [5.41, 5.74) is 3.51. The van der Waals surface area contributed by atoms with E-state index in [9.17, 15) is 4.79 Å². The molecule has 0 N–H and O–H groups in total. The van der Waals surface area contributed by atoms with Gasteiger partial charge in [0.2, 0.25) is 5.75 Å². The average Bonchev–Trinajstić information content (AvgIpc) is 2.87. The van der Waals surface area contributed by atoms with Gasteiger partial charge in [-0.25, -0.2) is 4.99 Å². The van der Waals surface area contributed by atoms with Crippen LogP contribution in [0.15, 0.2) is 70.1 Å². The number of amidine groups is 1. The number of rotatable bonds is 7. The smallest absolute Gasteiger partial charge is 0.325 e. The Bertz CT molecular complexity index is 1200. The zero-order valence-electron chi connectivity index (χ0n) is 19.4. The fourth-order valence-electron chi connectivity index (χ4n) is 4.12. The molecule has 0 saturated carbocycles. The minimum atomic E-state index is -0.375. The maximum atomic E-state index is 12.6. The fourth-order valence-corrected chi connectivity index (χ4v) is 4.50. The number of halogens is 1. The van der Waals surface area contributed by atoms with Gasteiger partial charge in [-0.3, -0.25) is 4.79 Å². The fraction of sp³-hybridized carbons (Fsp3) is 0.231. The summed E-state index contributed by atoms with van der Waals surface area (Å²) in [6, 6.07) is 19.3. The topological polar surface area (TPSA) is 69.6 Å². The normalized spacial score (nSPS) is 14.7. The van der Waals surface area contributed by atoms with Crippen molar-refractivity contribution in [1.29, 1.82) is 0 Å². The Morgan fingerprint density at radius 2 is 1.62 bits per heavy atom. The first-order valence-corrected chi connectivity index (χ1v) is 11.4. The number of nitrogens with zero attached hydrogens (tertiary/aromatic N) is 2. The minimum Gasteiger partial charge on any atom is -0.493 e. The van der Waals surface area contributed by atoms with E-state index < -0.39 is 0 Å². The lowest BCUT2D eigenvalue weighted by Gasteiger charge is -2.38. The van der Waals surface area contributed by atoms with E-state index in [-0.39, 0.29) is 18.6 Å². The molecule has 0 aromatic heterocycles. The van der Waals surface area contributed by atoms with Crippen molar-refractivity contribution in [3.63, 3.8) is 0 Å². The van der Waals surface area contributed by atoms with Crippen LogP contribution in [0.1, 0.15) is 22.7 Å². The van der Waals surface area contributed by atoms with E-state index in [4.69, 9.17) is 23.9 Å². The van der Waals surface area contributed by atoms with Crippen LogP contribution in [0.3, 0.4) is 0 Å². The van der Waals surface area contributed by atoms with Crippen LogP contribution in [0.25, 0.3) is 0 Å². The van der Waals surface area contributed by atoms with Gasteiger partial charge in [0.05, 0.1) is 40.2 Å². The standard InChI is InChI=1S/C26H25BrN2O5/c1-31-21-12-17(13-22(32-2)25(21)34-4)26-28-20-11-10-18(27)14-19(20)24(16-8-6-5-7-9-16)29(26)15-23(30)33-3/h5-14,24H,15H2,1-4H3. The SMILES string of the molecule is COC(=O)CN1C(c2cc(OC)c(OC)c(OC)c2)=Nc2ccc(Br)cc2C1c1ccccc1. The predicted octanol–water partition coefficient (Wildman–Crippen LogP) is 5.13. The first-order valence-electron chi connectivity index (χ1n) is 10.6. The van der Waals surface area contributed by atoms with E-state index >= 15 is 0 Å². The van der Waals surface area contributed by atoms with Gasteiger partial charge in [-0.05, 0) is 35.9 Å². The summed E-state index contributed by atoms with van der Waals surface area (Å²) < 4.78 is 22.6. The van der Waals surface area contributed by atoms with Crippen molar-refractivity contribution in [2.24, 2.45) is 4.99 Å². The van der Waals surface area contributed by atoms with Crippen molar-refractivity contribution in [3.8, 4) is 17.2 Å². The van der Waals surface area contributed by atoms with Gasteiger partial charge in [0, 0.05) is 15.6 Å². The lowest BCUT2D eigenvalue weighted by Crippen LogP contribution is -2.42. The van der Waals surface area contributed by atoms with Crippen molar-refractivity contribution in [2.45, 2.75) is 6.04 Å². The van der Waals surface area contributed by atoms with Crippen LogP contribution in [0.2, 0.25) is 0 Å². The van der Waals surface area contributed by atoms with Crippen molar-refractivity contribution in [1.82, 2.24) is 4.90 Å². The van der Waals surface area contributed by atoms with Gasteiger partial charge in [-0.2, -0.15) is 0 Å². The molecule has 3 aromatic carbocycles. The molecule has 0 fully saturated rings. The summed E-state index contributed by atoms with van der Waals surface area (Å²) in [6.45, 7) is -0.00247. The maximum Gasteiger partial charge on any atom is 0.325 e. The highest BCUT2D eigenvalue weighted by Crippen LogP contribution is 2.44. The van der Waals surface area contributed by atoms with Gasteiger partial charge in [0.25, 0.3) is 0 Å². The minimum absolute atomic E-state index is 0.00247. The number of aliphatic imine (C=N–C) groups is 1. The summed E-state index contributed by atoms with van der Waals surface area (Å²) in [4.78, 5) is 19.5.